The number of hydrogen-bond acceptors (Lipinski definition) is 3. The monoisotopic (exact) mass is 309 g/mol. The van der Waals surface area contributed by atoms with Gasteiger partial charge < -0.3 is 5.73 Å². The summed E-state index contributed by atoms with van der Waals surface area (Å²) in [6.07, 6.45) is 0. The van der Waals surface area contributed by atoms with Gasteiger partial charge in [0.1, 0.15) is 5.52 Å². The zero-order chi connectivity index (χ0) is 14.6. The number of nitrogen functional groups attached to an aromatic ring is 1. The molecule has 20 heavy (non-hydrogen) atoms. The highest BCUT2D eigenvalue weighted by molar-refractivity contribution is 6.35. The normalized spacial score (nSPS) is 11.4. The van der Waals surface area contributed by atoms with Crippen molar-refractivity contribution in [3.8, 4) is 5.69 Å². The van der Waals surface area contributed by atoms with Crippen LogP contribution in [0.4, 0.5) is 5.95 Å². The van der Waals surface area contributed by atoms with Crippen molar-refractivity contribution in [3.05, 3.63) is 33.4 Å². The van der Waals surface area contributed by atoms with E-state index in [2.05, 4.69) is 10.1 Å². The van der Waals surface area contributed by atoms with Crippen LogP contribution in [0.1, 0.15) is 11.3 Å². The Bertz CT molecular complexity index is 831. The van der Waals surface area contributed by atoms with Crippen molar-refractivity contribution in [3.63, 3.8) is 0 Å². The molecular formula is C13H13Cl2N5. The minimum Gasteiger partial charge on any atom is -0.369 e. The van der Waals surface area contributed by atoms with E-state index >= 15 is 0 Å². The molecule has 0 fully saturated rings. The van der Waals surface area contributed by atoms with Gasteiger partial charge in [0.15, 0.2) is 5.65 Å². The van der Waals surface area contributed by atoms with Gasteiger partial charge in [0.05, 0.1) is 16.4 Å². The average molecular weight is 310 g/mol. The third-order valence-corrected chi connectivity index (χ3v) is 4.01. The van der Waals surface area contributed by atoms with Gasteiger partial charge in [-0.3, -0.25) is 4.57 Å². The van der Waals surface area contributed by atoms with Gasteiger partial charge in [0, 0.05) is 12.1 Å². The van der Waals surface area contributed by atoms with Crippen LogP contribution in [0.5, 0.6) is 0 Å². The van der Waals surface area contributed by atoms with Gasteiger partial charge in [-0.25, -0.2) is 9.67 Å². The fraction of sp³-hybridized carbons (Fsp3) is 0.231. The molecule has 0 saturated heterocycles. The molecule has 2 aromatic heterocycles. The van der Waals surface area contributed by atoms with Crippen LogP contribution in [0.2, 0.25) is 10.0 Å². The lowest BCUT2D eigenvalue weighted by atomic mass is 10.2. The number of aryl methyl sites for hydroxylation is 3. The summed E-state index contributed by atoms with van der Waals surface area (Å²) in [4.78, 5) is 4.36. The van der Waals surface area contributed by atoms with E-state index in [1.54, 1.807) is 15.3 Å². The number of anilines is 1. The maximum atomic E-state index is 6.33. The molecule has 0 bridgehead atoms. The Morgan fingerprint density at radius 2 is 1.85 bits per heavy atom. The summed E-state index contributed by atoms with van der Waals surface area (Å²) in [5.74, 6) is 0.359. The van der Waals surface area contributed by atoms with Crippen LogP contribution >= 0.6 is 23.2 Å². The minimum absolute atomic E-state index is 0.359. The quantitative estimate of drug-likeness (QED) is 0.750. The smallest absolute Gasteiger partial charge is 0.207 e. The molecule has 2 heterocycles. The third-order valence-electron chi connectivity index (χ3n) is 3.30. The van der Waals surface area contributed by atoms with E-state index in [4.69, 9.17) is 28.9 Å². The molecule has 7 heteroatoms. The van der Waals surface area contributed by atoms with Gasteiger partial charge >= 0.3 is 0 Å². The van der Waals surface area contributed by atoms with Gasteiger partial charge in [-0.1, -0.05) is 23.2 Å². The first kappa shape index (κ1) is 13.3. The van der Waals surface area contributed by atoms with Gasteiger partial charge in [-0.2, -0.15) is 5.10 Å². The molecule has 0 saturated carbocycles. The van der Waals surface area contributed by atoms with Crippen molar-refractivity contribution >= 4 is 40.3 Å². The first-order chi connectivity index (χ1) is 9.40. The SMILES string of the molecule is Cc1cc(Cl)c(-n2c(N)nc3c(C)nn(C)c32)cc1Cl. The zero-order valence-electron chi connectivity index (χ0n) is 11.3. The molecule has 0 aliphatic heterocycles. The lowest BCUT2D eigenvalue weighted by molar-refractivity contribution is 0.762. The molecule has 0 spiro atoms. The molecule has 0 atom stereocenters. The largest absolute Gasteiger partial charge is 0.369 e. The van der Waals surface area contributed by atoms with Gasteiger partial charge in [0.2, 0.25) is 5.95 Å². The van der Waals surface area contributed by atoms with Crippen molar-refractivity contribution in [2.24, 2.45) is 7.05 Å². The number of fused-ring (bicyclic) bond motifs is 1. The molecule has 2 N–H and O–H groups in total. The summed E-state index contributed by atoms with van der Waals surface area (Å²) in [6, 6.07) is 3.60. The fourth-order valence-corrected chi connectivity index (χ4v) is 2.79. The van der Waals surface area contributed by atoms with Crippen LogP contribution in [0.15, 0.2) is 12.1 Å². The Balaban J connectivity index is 2.40. The predicted molar refractivity (Wildman–Crippen MR) is 81.7 cm³/mol. The van der Waals surface area contributed by atoms with Crippen LogP contribution in [0, 0.1) is 13.8 Å². The maximum absolute atomic E-state index is 6.33. The number of halogens is 2. The van der Waals surface area contributed by atoms with E-state index in [1.165, 1.54) is 0 Å². The summed E-state index contributed by atoms with van der Waals surface area (Å²) in [5, 5.41) is 5.54. The van der Waals surface area contributed by atoms with Crippen molar-refractivity contribution in [1.29, 1.82) is 0 Å². The van der Waals surface area contributed by atoms with Gasteiger partial charge in [-0.15, -0.1) is 0 Å². The highest BCUT2D eigenvalue weighted by Gasteiger charge is 2.19. The standard InChI is InChI=1S/C13H13Cl2N5/c1-6-4-9(15)10(5-8(6)14)20-12-11(17-13(20)16)7(2)18-19(12)3/h4-5H,1-3H3,(H2,16,17). The first-order valence-corrected chi connectivity index (χ1v) is 6.79. The van der Waals surface area contributed by atoms with E-state index < -0.39 is 0 Å². The van der Waals surface area contributed by atoms with Crippen LogP contribution in [0.3, 0.4) is 0 Å². The Morgan fingerprint density at radius 3 is 2.55 bits per heavy atom. The molecule has 0 unspecified atom stereocenters. The van der Waals surface area contributed by atoms with Crippen LogP contribution < -0.4 is 5.73 Å². The molecule has 0 aliphatic rings. The Hall–Kier alpha value is -1.72. The molecule has 0 aliphatic carbocycles. The predicted octanol–water partition coefficient (Wildman–Crippen LogP) is 3.26. The van der Waals surface area contributed by atoms with Crippen molar-refractivity contribution in [2.45, 2.75) is 13.8 Å². The number of rotatable bonds is 1. The van der Waals surface area contributed by atoms with Crippen molar-refractivity contribution < 1.29 is 0 Å². The number of hydrogen-bond donors (Lipinski definition) is 1. The average Bonchev–Trinajstić information content (AvgIpc) is 2.83. The Labute approximate surface area is 125 Å². The number of benzene rings is 1. The highest BCUT2D eigenvalue weighted by Crippen LogP contribution is 2.32. The molecule has 5 nitrogen and oxygen atoms in total. The van der Waals surface area contributed by atoms with Crippen LogP contribution in [-0.4, -0.2) is 19.3 Å². The Morgan fingerprint density at radius 1 is 1.15 bits per heavy atom. The number of aromatic nitrogens is 4. The second kappa shape index (κ2) is 4.40. The first-order valence-electron chi connectivity index (χ1n) is 6.03. The summed E-state index contributed by atoms with van der Waals surface area (Å²) < 4.78 is 3.50. The topological polar surface area (TPSA) is 61.7 Å². The fourth-order valence-electron chi connectivity index (χ4n) is 2.33. The number of imidazole rings is 1. The Kier molecular flexibility index (Phi) is 2.92. The van der Waals surface area contributed by atoms with E-state index in [0.29, 0.717) is 21.7 Å². The summed E-state index contributed by atoms with van der Waals surface area (Å²) in [7, 11) is 1.84. The molecule has 3 rings (SSSR count). The van der Waals surface area contributed by atoms with Crippen LogP contribution in [0.25, 0.3) is 16.9 Å². The molecular weight excluding hydrogens is 297 g/mol. The van der Waals surface area contributed by atoms with Crippen LogP contribution in [-0.2, 0) is 7.05 Å². The number of nitrogens with zero attached hydrogens (tertiary/aromatic N) is 4. The second-order valence-corrected chi connectivity index (χ2v) is 5.55. The minimum atomic E-state index is 0.359. The molecule has 0 amide bonds. The lowest BCUT2D eigenvalue weighted by Crippen LogP contribution is -2.05. The van der Waals surface area contributed by atoms with E-state index in [0.717, 1.165) is 22.4 Å². The molecule has 1 aromatic carbocycles. The number of nitrogens with two attached hydrogens (primary N) is 1. The summed E-state index contributed by atoms with van der Waals surface area (Å²) in [5.41, 5.74) is 10.0. The molecule has 0 radical (unpaired) electrons. The maximum Gasteiger partial charge on any atom is 0.207 e. The lowest BCUT2D eigenvalue weighted by Gasteiger charge is -2.11. The third kappa shape index (κ3) is 1.77. The second-order valence-electron chi connectivity index (χ2n) is 4.74. The van der Waals surface area contributed by atoms with Crippen molar-refractivity contribution in [2.75, 3.05) is 5.73 Å². The molecule has 3 aromatic rings. The van der Waals surface area contributed by atoms with Gasteiger partial charge in [0.25, 0.3) is 0 Å². The summed E-state index contributed by atoms with van der Waals surface area (Å²) in [6.45, 7) is 3.79. The summed E-state index contributed by atoms with van der Waals surface area (Å²) >= 11 is 12.5. The van der Waals surface area contributed by atoms with E-state index in [9.17, 15) is 0 Å². The van der Waals surface area contributed by atoms with E-state index in [-0.39, 0.29) is 0 Å². The van der Waals surface area contributed by atoms with E-state index in [1.807, 2.05) is 27.0 Å². The highest BCUT2D eigenvalue weighted by atomic mass is 35.5. The van der Waals surface area contributed by atoms with Crippen molar-refractivity contribution in [1.82, 2.24) is 19.3 Å². The zero-order valence-corrected chi connectivity index (χ0v) is 12.8. The van der Waals surface area contributed by atoms with Gasteiger partial charge in [-0.05, 0) is 31.5 Å². The molecule has 104 valence electrons.